The number of alkyl carbamates (subject to hydrolysis) is 1. The van der Waals surface area contributed by atoms with Crippen molar-refractivity contribution >= 4 is 6.09 Å². The van der Waals surface area contributed by atoms with Gasteiger partial charge in [-0.25, -0.2) is 4.79 Å². The minimum atomic E-state index is -0.440. The Morgan fingerprint density at radius 3 is 2.52 bits per heavy atom. The second-order valence-electron chi connectivity index (χ2n) is 7.86. The van der Waals surface area contributed by atoms with Crippen LogP contribution in [-0.4, -0.2) is 55.4 Å². The molecule has 0 heterocycles. The molecule has 1 atom stereocenters. The smallest absolute Gasteiger partial charge is 0.407 e. The molecule has 0 aromatic carbocycles. The lowest BCUT2D eigenvalue weighted by Crippen LogP contribution is -2.42. The molecular weight excluding hydrogens is 290 g/mol. The molecule has 1 saturated carbocycles. The molecule has 0 aliphatic heterocycles. The summed E-state index contributed by atoms with van der Waals surface area (Å²) in [4.78, 5) is 14.1. The molecule has 0 bridgehead atoms. The van der Waals surface area contributed by atoms with Gasteiger partial charge in [0.25, 0.3) is 0 Å². The van der Waals surface area contributed by atoms with Gasteiger partial charge in [0, 0.05) is 18.6 Å². The summed E-state index contributed by atoms with van der Waals surface area (Å²) in [6, 6.07) is 1.04. The van der Waals surface area contributed by atoms with Crippen molar-refractivity contribution in [3.63, 3.8) is 0 Å². The maximum absolute atomic E-state index is 11.6. The molecule has 136 valence electrons. The number of carbonyl (C=O) groups excluding carboxylic acids is 1. The number of amides is 1. The molecule has 0 saturated heterocycles. The fraction of sp³-hybridized carbons (Fsp3) is 0.944. The number of hydrogen-bond donors (Lipinski definition) is 2. The predicted molar refractivity (Wildman–Crippen MR) is 95.8 cm³/mol. The zero-order chi connectivity index (χ0) is 17.3. The van der Waals surface area contributed by atoms with Crippen LogP contribution in [0.2, 0.25) is 0 Å². The molecule has 1 rings (SSSR count). The molecular formula is C18H37N3O2. The number of rotatable bonds is 8. The molecule has 0 spiro atoms. The number of hydrogen-bond acceptors (Lipinski definition) is 4. The first-order valence-electron chi connectivity index (χ1n) is 9.18. The van der Waals surface area contributed by atoms with Crippen molar-refractivity contribution < 1.29 is 9.53 Å². The molecule has 23 heavy (non-hydrogen) atoms. The quantitative estimate of drug-likeness (QED) is 0.673. The topological polar surface area (TPSA) is 53.6 Å². The molecule has 1 unspecified atom stereocenters. The van der Waals surface area contributed by atoms with E-state index in [2.05, 4.69) is 29.5 Å². The Bertz CT molecular complexity index is 336. The van der Waals surface area contributed by atoms with E-state index in [4.69, 9.17) is 4.74 Å². The maximum atomic E-state index is 11.6. The Hall–Kier alpha value is -0.810. The van der Waals surface area contributed by atoms with Crippen LogP contribution in [0.25, 0.3) is 0 Å². The van der Waals surface area contributed by atoms with Gasteiger partial charge in [-0.3, -0.25) is 0 Å². The van der Waals surface area contributed by atoms with Gasteiger partial charge in [-0.1, -0.05) is 19.3 Å². The Morgan fingerprint density at radius 2 is 1.91 bits per heavy atom. The van der Waals surface area contributed by atoms with Crippen LogP contribution in [0.4, 0.5) is 4.79 Å². The van der Waals surface area contributed by atoms with Gasteiger partial charge in [0.2, 0.25) is 0 Å². The molecule has 1 aliphatic rings. The van der Waals surface area contributed by atoms with Crippen molar-refractivity contribution in [2.24, 2.45) is 0 Å². The van der Waals surface area contributed by atoms with E-state index in [1.165, 1.54) is 32.1 Å². The van der Waals surface area contributed by atoms with Crippen molar-refractivity contribution in [2.45, 2.75) is 83.9 Å². The lowest BCUT2D eigenvalue weighted by molar-refractivity contribution is 0.0523. The highest BCUT2D eigenvalue weighted by Crippen LogP contribution is 2.21. The monoisotopic (exact) mass is 327 g/mol. The highest BCUT2D eigenvalue weighted by Gasteiger charge is 2.18. The van der Waals surface area contributed by atoms with Crippen molar-refractivity contribution in [3.05, 3.63) is 0 Å². The van der Waals surface area contributed by atoms with E-state index < -0.39 is 5.60 Å². The average Bonchev–Trinajstić information content (AvgIpc) is 2.48. The van der Waals surface area contributed by atoms with Gasteiger partial charge < -0.3 is 20.3 Å². The summed E-state index contributed by atoms with van der Waals surface area (Å²) in [6.07, 6.45) is 7.71. The highest BCUT2D eigenvalue weighted by atomic mass is 16.6. The van der Waals surface area contributed by atoms with E-state index in [-0.39, 0.29) is 12.1 Å². The van der Waals surface area contributed by atoms with Crippen molar-refractivity contribution in [2.75, 3.05) is 26.7 Å². The fourth-order valence-corrected chi connectivity index (χ4v) is 3.00. The van der Waals surface area contributed by atoms with Gasteiger partial charge in [0.05, 0.1) is 0 Å². The SMILES string of the molecule is CC(CNC(=O)OC(C)(C)C)NCCCN(C)C1CCCCC1. The van der Waals surface area contributed by atoms with Crippen LogP contribution >= 0.6 is 0 Å². The van der Waals surface area contributed by atoms with Crippen molar-refractivity contribution in [3.8, 4) is 0 Å². The Labute approximate surface area is 142 Å². The van der Waals surface area contributed by atoms with E-state index in [0.29, 0.717) is 6.54 Å². The van der Waals surface area contributed by atoms with Crippen LogP contribution in [0.3, 0.4) is 0 Å². The second-order valence-corrected chi connectivity index (χ2v) is 7.86. The molecule has 2 N–H and O–H groups in total. The summed E-state index contributed by atoms with van der Waals surface area (Å²) in [5.41, 5.74) is -0.440. The zero-order valence-electron chi connectivity index (χ0n) is 15.8. The third kappa shape index (κ3) is 9.82. The van der Waals surface area contributed by atoms with Crippen LogP contribution < -0.4 is 10.6 Å². The molecule has 1 fully saturated rings. The van der Waals surface area contributed by atoms with Crippen molar-refractivity contribution in [1.29, 1.82) is 0 Å². The number of ether oxygens (including phenoxy) is 1. The van der Waals surface area contributed by atoms with Crippen LogP contribution in [-0.2, 0) is 4.74 Å². The summed E-state index contributed by atoms with van der Waals surface area (Å²) in [5.74, 6) is 0. The molecule has 0 radical (unpaired) electrons. The lowest BCUT2D eigenvalue weighted by Gasteiger charge is -2.31. The molecule has 0 aromatic heterocycles. The van der Waals surface area contributed by atoms with E-state index in [1.807, 2.05) is 20.8 Å². The van der Waals surface area contributed by atoms with Crippen LogP contribution in [0.15, 0.2) is 0 Å². The Morgan fingerprint density at radius 1 is 1.26 bits per heavy atom. The Kier molecular flexibility index (Phi) is 8.92. The number of carbonyl (C=O) groups is 1. The zero-order valence-corrected chi connectivity index (χ0v) is 15.8. The van der Waals surface area contributed by atoms with E-state index in [1.54, 1.807) is 0 Å². The predicted octanol–water partition coefficient (Wildman–Crippen LogP) is 3.14. The molecule has 0 aromatic rings. The Balaban J connectivity index is 2.05. The van der Waals surface area contributed by atoms with Gasteiger partial charge in [0.1, 0.15) is 5.60 Å². The third-order valence-electron chi connectivity index (χ3n) is 4.33. The summed E-state index contributed by atoms with van der Waals surface area (Å²) in [5, 5.41) is 6.27. The number of nitrogens with zero attached hydrogens (tertiary/aromatic N) is 1. The molecule has 5 nitrogen and oxygen atoms in total. The van der Waals surface area contributed by atoms with Gasteiger partial charge in [0.15, 0.2) is 0 Å². The minimum absolute atomic E-state index is 0.252. The second kappa shape index (κ2) is 10.1. The average molecular weight is 328 g/mol. The summed E-state index contributed by atoms with van der Waals surface area (Å²) < 4.78 is 5.23. The first-order chi connectivity index (χ1) is 10.8. The van der Waals surface area contributed by atoms with Gasteiger partial charge in [-0.05, 0) is 67.1 Å². The van der Waals surface area contributed by atoms with Crippen LogP contribution in [0.5, 0.6) is 0 Å². The lowest BCUT2D eigenvalue weighted by atomic mass is 9.94. The van der Waals surface area contributed by atoms with Gasteiger partial charge >= 0.3 is 6.09 Å². The van der Waals surface area contributed by atoms with Gasteiger partial charge in [-0.2, -0.15) is 0 Å². The summed E-state index contributed by atoms with van der Waals surface area (Å²) >= 11 is 0. The molecule has 5 heteroatoms. The fourth-order valence-electron chi connectivity index (χ4n) is 3.00. The standard InChI is InChI=1S/C18H37N3O2/c1-15(14-20-17(22)23-18(2,3)4)19-12-9-13-21(5)16-10-7-6-8-11-16/h15-16,19H,6-14H2,1-5H3,(H,20,22). The molecule has 1 amide bonds. The van der Waals surface area contributed by atoms with Gasteiger partial charge in [-0.15, -0.1) is 0 Å². The normalized spacial score (nSPS) is 18.0. The van der Waals surface area contributed by atoms with E-state index >= 15 is 0 Å². The summed E-state index contributed by atoms with van der Waals surface area (Å²) in [6.45, 7) is 10.4. The van der Waals surface area contributed by atoms with E-state index in [9.17, 15) is 4.79 Å². The first-order valence-corrected chi connectivity index (χ1v) is 9.18. The van der Waals surface area contributed by atoms with Crippen LogP contribution in [0, 0.1) is 0 Å². The first kappa shape index (κ1) is 20.2. The van der Waals surface area contributed by atoms with Crippen molar-refractivity contribution in [1.82, 2.24) is 15.5 Å². The summed E-state index contributed by atoms with van der Waals surface area (Å²) in [7, 11) is 2.25. The van der Waals surface area contributed by atoms with Crippen LogP contribution in [0.1, 0.15) is 66.2 Å². The molecule has 1 aliphatic carbocycles. The number of nitrogens with one attached hydrogen (secondary N) is 2. The minimum Gasteiger partial charge on any atom is -0.444 e. The highest BCUT2D eigenvalue weighted by molar-refractivity contribution is 5.67. The maximum Gasteiger partial charge on any atom is 0.407 e. The third-order valence-corrected chi connectivity index (χ3v) is 4.33. The van der Waals surface area contributed by atoms with E-state index in [0.717, 1.165) is 25.6 Å². The largest absolute Gasteiger partial charge is 0.444 e.